The number of hydrogen-bond acceptors (Lipinski definition) is 5. The molecule has 1 aliphatic rings. The minimum absolute atomic E-state index is 0.00132. The van der Waals surface area contributed by atoms with Gasteiger partial charge in [0, 0.05) is 19.5 Å². The molecule has 3 aromatic rings. The SMILES string of the molecule is OCCn1nc([C@H](O)c2ccccc2)nc1CCCN1Cc2ccccc2C1. The quantitative estimate of drug-likeness (QED) is 0.629. The van der Waals surface area contributed by atoms with Gasteiger partial charge in [0.25, 0.3) is 0 Å². The number of aliphatic hydroxyl groups is 2. The van der Waals surface area contributed by atoms with Crippen molar-refractivity contribution < 1.29 is 10.2 Å². The van der Waals surface area contributed by atoms with E-state index < -0.39 is 6.10 Å². The number of nitrogens with zero attached hydrogens (tertiary/aromatic N) is 4. The monoisotopic (exact) mass is 378 g/mol. The highest BCUT2D eigenvalue weighted by molar-refractivity contribution is 5.30. The van der Waals surface area contributed by atoms with E-state index in [9.17, 15) is 10.2 Å². The van der Waals surface area contributed by atoms with Crippen molar-refractivity contribution in [3.05, 3.63) is 82.9 Å². The molecule has 6 nitrogen and oxygen atoms in total. The van der Waals surface area contributed by atoms with Crippen LogP contribution in [0.25, 0.3) is 0 Å². The summed E-state index contributed by atoms with van der Waals surface area (Å²) in [5, 5.41) is 24.4. The lowest BCUT2D eigenvalue weighted by Gasteiger charge is -2.14. The number of benzene rings is 2. The molecule has 0 spiro atoms. The molecule has 2 aromatic carbocycles. The summed E-state index contributed by atoms with van der Waals surface area (Å²) in [6, 6.07) is 18.0. The zero-order valence-corrected chi connectivity index (χ0v) is 15.9. The van der Waals surface area contributed by atoms with Crippen LogP contribution in [0.4, 0.5) is 0 Å². The molecule has 1 aromatic heterocycles. The Labute approximate surface area is 165 Å². The van der Waals surface area contributed by atoms with Crippen molar-refractivity contribution in [3.63, 3.8) is 0 Å². The van der Waals surface area contributed by atoms with Crippen molar-refractivity contribution in [1.82, 2.24) is 19.7 Å². The third-order valence-corrected chi connectivity index (χ3v) is 5.22. The molecule has 2 heterocycles. The molecule has 0 saturated heterocycles. The predicted molar refractivity (Wildman–Crippen MR) is 106 cm³/mol. The van der Waals surface area contributed by atoms with Crippen molar-refractivity contribution in [2.45, 2.75) is 38.6 Å². The first-order chi connectivity index (χ1) is 13.7. The third-order valence-electron chi connectivity index (χ3n) is 5.22. The highest BCUT2D eigenvalue weighted by Crippen LogP contribution is 2.23. The maximum atomic E-state index is 10.6. The van der Waals surface area contributed by atoms with E-state index in [4.69, 9.17) is 0 Å². The van der Waals surface area contributed by atoms with Gasteiger partial charge >= 0.3 is 0 Å². The first-order valence-corrected chi connectivity index (χ1v) is 9.81. The largest absolute Gasteiger partial charge is 0.394 e. The summed E-state index contributed by atoms with van der Waals surface area (Å²) in [6.45, 7) is 3.36. The van der Waals surface area contributed by atoms with Gasteiger partial charge in [0.05, 0.1) is 13.2 Å². The van der Waals surface area contributed by atoms with Gasteiger partial charge in [-0.2, -0.15) is 5.10 Å². The van der Waals surface area contributed by atoms with Crippen LogP contribution in [0.2, 0.25) is 0 Å². The Kier molecular flexibility index (Phi) is 5.81. The number of aliphatic hydroxyl groups excluding tert-OH is 2. The van der Waals surface area contributed by atoms with Crippen molar-refractivity contribution in [2.24, 2.45) is 0 Å². The highest BCUT2D eigenvalue weighted by atomic mass is 16.3. The molecule has 0 aliphatic carbocycles. The Bertz CT molecular complexity index is 885. The standard InChI is InChI=1S/C22H26N4O2/c27-14-13-26-20(23-22(24-26)21(28)17-7-2-1-3-8-17)11-6-12-25-15-18-9-4-5-10-19(18)16-25/h1-5,7-10,21,27-28H,6,11-16H2/t21-/m1/s1. The fourth-order valence-corrected chi connectivity index (χ4v) is 3.78. The smallest absolute Gasteiger partial charge is 0.183 e. The normalized spacial score (nSPS) is 14.9. The van der Waals surface area contributed by atoms with Crippen LogP contribution in [0.5, 0.6) is 0 Å². The Morgan fingerprint density at radius 3 is 2.29 bits per heavy atom. The molecular weight excluding hydrogens is 352 g/mol. The van der Waals surface area contributed by atoms with Crippen LogP contribution in [-0.4, -0.2) is 43.0 Å². The van der Waals surface area contributed by atoms with Gasteiger partial charge in [-0.1, -0.05) is 54.6 Å². The summed E-state index contributed by atoms with van der Waals surface area (Å²) in [5.41, 5.74) is 3.60. The van der Waals surface area contributed by atoms with Gasteiger partial charge < -0.3 is 10.2 Å². The van der Waals surface area contributed by atoms with E-state index in [-0.39, 0.29) is 6.61 Å². The Morgan fingerprint density at radius 1 is 0.929 bits per heavy atom. The second-order valence-electron chi connectivity index (χ2n) is 7.23. The summed E-state index contributed by atoms with van der Waals surface area (Å²) in [5.74, 6) is 1.21. The van der Waals surface area contributed by atoms with Gasteiger partial charge in [-0.3, -0.25) is 4.90 Å². The molecular formula is C22H26N4O2. The van der Waals surface area contributed by atoms with E-state index in [1.165, 1.54) is 11.1 Å². The minimum atomic E-state index is -0.854. The highest BCUT2D eigenvalue weighted by Gasteiger charge is 2.20. The molecule has 6 heteroatoms. The van der Waals surface area contributed by atoms with Gasteiger partial charge in [-0.05, 0) is 29.7 Å². The molecule has 146 valence electrons. The maximum absolute atomic E-state index is 10.6. The van der Waals surface area contributed by atoms with Crippen LogP contribution >= 0.6 is 0 Å². The second-order valence-corrected chi connectivity index (χ2v) is 7.23. The lowest BCUT2D eigenvalue weighted by molar-refractivity contribution is 0.208. The van der Waals surface area contributed by atoms with Crippen LogP contribution in [0.15, 0.2) is 54.6 Å². The van der Waals surface area contributed by atoms with Crippen LogP contribution in [0, 0.1) is 0 Å². The molecule has 1 atom stereocenters. The van der Waals surface area contributed by atoms with Gasteiger partial charge in [-0.15, -0.1) is 0 Å². The molecule has 0 saturated carbocycles. The Morgan fingerprint density at radius 2 is 1.61 bits per heavy atom. The zero-order chi connectivity index (χ0) is 19.3. The van der Waals surface area contributed by atoms with Gasteiger partial charge in [0.1, 0.15) is 11.9 Å². The van der Waals surface area contributed by atoms with Crippen LogP contribution in [-0.2, 0) is 26.1 Å². The minimum Gasteiger partial charge on any atom is -0.394 e. The van der Waals surface area contributed by atoms with E-state index in [0.717, 1.165) is 43.9 Å². The number of fused-ring (bicyclic) bond motifs is 1. The molecule has 0 bridgehead atoms. The van der Waals surface area contributed by atoms with E-state index in [1.54, 1.807) is 4.68 Å². The molecule has 0 fully saturated rings. The molecule has 0 radical (unpaired) electrons. The molecule has 28 heavy (non-hydrogen) atoms. The summed E-state index contributed by atoms with van der Waals surface area (Å²) in [7, 11) is 0. The van der Waals surface area contributed by atoms with E-state index in [2.05, 4.69) is 39.2 Å². The van der Waals surface area contributed by atoms with Crippen molar-refractivity contribution in [3.8, 4) is 0 Å². The average molecular weight is 378 g/mol. The molecule has 0 amide bonds. The fraction of sp³-hybridized carbons (Fsp3) is 0.364. The number of hydrogen-bond donors (Lipinski definition) is 2. The lowest BCUT2D eigenvalue weighted by atomic mass is 10.1. The van der Waals surface area contributed by atoms with Gasteiger partial charge in [0.15, 0.2) is 5.82 Å². The number of aryl methyl sites for hydroxylation is 1. The van der Waals surface area contributed by atoms with Gasteiger partial charge in [-0.25, -0.2) is 9.67 Å². The molecule has 1 aliphatic heterocycles. The lowest BCUT2D eigenvalue weighted by Crippen LogP contribution is -2.19. The van der Waals surface area contributed by atoms with E-state index >= 15 is 0 Å². The summed E-state index contributed by atoms with van der Waals surface area (Å²) in [6.07, 6.45) is 0.869. The Balaban J connectivity index is 1.39. The van der Waals surface area contributed by atoms with Crippen LogP contribution < -0.4 is 0 Å². The Hall–Kier alpha value is -2.54. The summed E-state index contributed by atoms with van der Waals surface area (Å²) in [4.78, 5) is 7.02. The molecule has 0 unspecified atom stereocenters. The number of rotatable bonds is 8. The third kappa shape index (κ3) is 4.14. The predicted octanol–water partition coefficient (Wildman–Crippen LogP) is 2.30. The van der Waals surface area contributed by atoms with Gasteiger partial charge in [0.2, 0.25) is 0 Å². The van der Waals surface area contributed by atoms with Crippen LogP contribution in [0.1, 0.15) is 40.9 Å². The van der Waals surface area contributed by atoms with Crippen molar-refractivity contribution in [1.29, 1.82) is 0 Å². The average Bonchev–Trinajstić information content (AvgIpc) is 3.32. The maximum Gasteiger partial charge on any atom is 0.183 e. The molecule has 2 N–H and O–H groups in total. The summed E-state index contributed by atoms with van der Waals surface area (Å²) < 4.78 is 1.72. The fourth-order valence-electron chi connectivity index (χ4n) is 3.78. The summed E-state index contributed by atoms with van der Waals surface area (Å²) >= 11 is 0. The van der Waals surface area contributed by atoms with E-state index in [1.807, 2.05) is 30.3 Å². The van der Waals surface area contributed by atoms with Crippen molar-refractivity contribution >= 4 is 0 Å². The first-order valence-electron chi connectivity index (χ1n) is 9.81. The topological polar surface area (TPSA) is 74.4 Å². The number of aromatic nitrogens is 3. The van der Waals surface area contributed by atoms with Crippen LogP contribution in [0.3, 0.4) is 0 Å². The van der Waals surface area contributed by atoms with Crippen molar-refractivity contribution in [2.75, 3.05) is 13.2 Å². The zero-order valence-electron chi connectivity index (χ0n) is 15.9. The van der Waals surface area contributed by atoms with E-state index in [0.29, 0.717) is 12.4 Å². The second kappa shape index (κ2) is 8.65. The first kappa shape index (κ1) is 18.8. The molecule has 4 rings (SSSR count).